The molecule has 1 fully saturated rings. The van der Waals surface area contributed by atoms with E-state index in [4.69, 9.17) is 0 Å². The van der Waals surface area contributed by atoms with Gasteiger partial charge in [0.2, 0.25) is 0 Å². The smallest absolute Gasteiger partial charge is 0.133 e. The highest BCUT2D eigenvalue weighted by Gasteiger charge is 2.15. The maximum Gasteiger partial charge on any atom is 0.133 e. The van der Waals surface area contributed by atoms with Crippen molar-refractivity contribution >= 4 is 23.4 Å². The van der Waals surface area contributed by atoms with Gasteiger partial charge in [-0.25, -0.2) is 9.97 Å². The van der Waals surface area contributed by atoms with Crippen LogP contribution in [0.2, 0.25) is 0 Å². The number of aryl methyl sites for hydroxylation is 1. The van der Waals surface area contributed by atoms with E-state index < -0.39 is 0 Å². The summed E-state index contributed by atoms with van der Waals surface area (Å²) in [4.78, 5) is 9.12. The first kappa shape index (κ1) is 14.4. The van der Waals surface area contributed by atoms with Crippen molar-refractivity contribution in [2.75, 3.05) is 29.5 Å². The third-order valence-corrected chi connectivity index (χ3v) is 4.54. The first-order chi connectivity index (χ1) is 9.31. The molecule has 0 spiro atoms. The Morgan fingerprint density at radius 1 is 1.26 bits per heavy atom. The topological polar surface area (TPSA) is 49.8 Å². The summed E-state index contributed by atoms with van der Waals surface area (Å²) in [7, 11) is 0. The Kier molecular flexibility index (Phi) is 5.76. The van der Waals surface area contributed by atoms with E-state index in [1.54, 1.807) is 0 Å². The Bertz CT molecular complexity index is 367. The highest BCUT2D eigenvalue weighted by atomic mass is 32.2. The van der Waals surface area contributed by atoms with Gasteiger partial charge < -0.3 is 10.6 Å². The zero-order chi connectivity index (χ0) is 13.5. The number of aromatic nitrogens is 2. The van der Waals surface area contributed by atoms with Crippen LogP contribution in [0.3, 0.4) is 0 Å². The van der Waals surface area contributed by atoms with Gasteiger partial charge >= 0.3 is 0 Å². The van der Waals surface area contributed by atoms with E-state index >= 15 is 0 Å². The molecule has 106 valence electrons. The molecule has 1 aromatic rings. The molecule has 1 atom stereocenters. The maximum atomic E-state index is 4.59. The largest absolute Gasteiger partial charge is 0.370 e. The van der Waals surface area contributed by atoms with Gasteiger partial charge in [0.15, 0.2) is 0 Å². The predicted molar refractivity (Wildman–Crippen MR) is 84.2 cm³/mol. The molecule has 4 nitrogen and oxygen atoms in total. The van der Waals surface area contributed by atoms with Crippen LogP contribution < -0.4 is 10.6 Å². The van der Waals surface area contributed by atoms with Gasteiger partial charge in [-0.1, -0.05) is 6.92 Å². The van der Waals surface area contributed by atoms with Crippen LogP contribution >= 0.6 is 11.8 Å². The number of thioether (sulfide) groups is 1. The monoisotopic (exact) mass is 280 g/mol. The van der Waals surface area contributed by atoms with E-state index in [1.807, 2.05) is 6.07 Å². The van der Waals surface area contributed by atoms with Crippen molar-refractivity contribution in [1.29, 1.82) is 0 Å². The Morgan fingerprint density at radius 3 is 2.68 bits per heavy atom. The van der Waals surface area contributed by atoms with Crippen molar-refractivity contribution in [3.05, 3.63) is 11.9 Å². The van der Waals surface area contributed by atoms with Crippen LogP contribution in [-0.2, 0) is 6.42 Å². The molecule has 2 heterocycles. The molecule has 0 aliphatic carbocycles. The van der Waals surface area contributed by atoms with Gasteiger partial charge in [0.05, 0.1) is 0 Å². The molecule has 1 aliphatic heterocycles. The average molecular weight is 280 g/mol. The van der Waals surface area contributed by atoms with Crippen molar-refractivity contribution in [1.82, 2.24) is 9.97 Å². The average Bonchev–Trinajstić information content (AvgIpc) is 2.90. The molecule has 1 unspecified atom stereocenters. The van der Waals surface area contributed by atoms with Crippen LogP contribution in [0.1, 0.15) is 38.9 Å². The lowest BCUT2D eigenvalue weighted by Gasteiger charge is -2.13. The zero-order valence-corrected chi connectivity index (χ0v) is 12.7. The number of nitrogens with zero attached hydrogens (tertiary/aromatic N) is 2. The lowest BCUT2D eigenvalue weighted by molar-refractivity contribution is 0.797. The molecule has 0 saturated carbocycles. The Hall–Kier alpha value is -0.970. The number of hydrogen-bond acceptors (Lipinski definition) is 5. The first-order valence-corrected chi connectivity index (χ1v) is 8.34. The second kappa shape index (κ2) is 7.58. The Balaban J connectivity index is 1.99. The van der Waals surface area contributed by atoms with Crippen molar-refractivity contribution in [2.45, 2.75) is 44.8 Å². The first-order valence-electron chi connectivity index (χ1n) is 7.29. The van der Waals surface area contributed by atoms with E-state index in [0.717, 1.165) is 48.6 Å². The van der Waals surface area contributed by atoms with E-state index in [-0.39, 0.29) is 0 Å². The van der Waals surface area contributed by atoms with Gasteiger partial charge in [-0.15, -0.1) is 0 Å². The molecule has 2 rings (SSSR count). The number of hydrogen-bond donors (Lipinski definition) is 2. The molecule has 2 N–H and O–H groups in total. The van der Waals surface area contributed by atoms with Gasteiger partial charge in [0.25, 0.3) is 0 Å². The van der Waals surface area contributed by atoms with Crippen LogP contribution in [0, 0.1) is 0 Å². The number of anilines is 2. The molecule has 1 aromatic heterocycles. The molecular weight excluding hydrogens is 256 g/mol. The fourth-order valence-corrected chi connectivity index (χ4v) is 3.42. The van der Waals surface area contributed by atoms with Gasteiger partial charge in [-0.3, -0.25) is 0 Å². The minimum atomic E-state index is 0.743. The standard InChI is InChI=1S/C14H24N4S/c1-3-6-12-17-13(15-4-2)9-14(18-12)16-10-11-7-5-8-19-11/h9,11H,3-8,10H2,1-2H3,(H2,15,16,17,18). The number of nitrogens with one attached hydrogen (secondary N) is 2. The fraction of sp³-hybridized carbons (Fsp3) is 0.714. The van der Waals surface area contributed by atoms with Crippen LogP contribution in [-0.4, -0.2) is 34.1 Å². The van der Waals surface area contributed by atoms with E-state index in [2.05, 4.69) is 46.2 Å². The summed E-state index contributed by atoms with van der Waals surface area (Å²) >= 11 is 2.07. The van der Waals surface area contributed by atoms with Crippen LogP contribution in [0.15, 0.2) is 6.07 Å². The van der Waals surface area contributed by atoms with Crippen molar-refractivity contribution in [3.8, 4) is 0 Å². The molecule has 0 amide bonds. The van der Waals surface area contributed by atoms with Gasteiger partial charge in [0.1, 0.15) is 17.5 Å². The van der Waals surface area contributed by atoms with E-state index in [1.165, 1.54) is 18.6 Å². The minimum Gasteiger partial charge on any atom is -0.370 e. The number of rotatable bonds is 7. The Labute approximate surface area is 120 Å². The van der Waals surface area contributed by atoms with Crippen molar-refractivity contribution < 1.29 is 0 Å². The summed E-state index contributed by atoms with van der Waals surface area (Å²) in [5.41, 5.74) is 0. The third-order valence-electron chi connectivity index (χ3n) is 3.14. The SMILES string of the molecule is CCCc1nc(NCC)cc(NCC2CCCS2)n1. The van der Waals surface area contributed by atoms with Gasteiger partial charge in [-0.05, 0) is 31.9 Å². The van der Waals surface area contributed by atoms with Crippen molar-refractivity contribution in [2.24, 2.45) is 0 Å². The summed E-state index contributed by atoms with van der Waals surface area (Å²) in [6, 6.07) is 2.02. The molecular formula is C14H24N4S. The quantitative estimate of drug-likeness (QED) is 0.803. The second-order valence-corrected chi connectivity index (χ2v) is 6.26. The van der Waals surface area contributed by atoms with Crippen LogP contribution in [0.5, 0.6) is 0 Å². The summed E-state index contributed by atoms with van der Waals surface area (Å²) in [6.07, 6.45) is 4.69. The highest BCUT2D eigenvalue weighted by molar-refractivity contribution is 8.00. The molecule has 1 saturated heterocycles. The zero-order valence-electron chi connectivity index (χ0n) is 11.9. The second-order valence-electron chi connectivity index (χ2n) is 4.85. The minimum absolute atomic E-state index is 0.743. The molecule has 0 aromatic carbocycles. The van der Waals surface area contributed by atoms with Crippen LogP contribution in [0.25, 0.3) is 0 Å². The van der Waals surface area contributed by atoms with E-state index in [0.29, 0.717) is 0 Å². The lowest BCUT2D eigenvalue weighted by Crippen LogP contribution is -2.15. The third kappa shape index (κ3) is 4.56. The molecule has 5 heteroatoms. The van der Waals surface area contributed by atoms with Gasteiger partial charge in [0, 0.05) is 30.8 Å². The van der Waals surface area contributed by atoms with Crippen molar-refractivity contribution in [3.63, 3.8) is 0 Å². The predicted octanol–water partition coefficient (Wildman–Crippen LogP) is 3.17. The van der Waals surface area contributed by atoms with Gasteiger partial charge in [-0.2, -0.15) is 11.8 Å². The van der Waals surface area contributed by atoms with Crippen LogP contribution in [0.4, 0.5) is 11.6 Å². The lowest BCUT2D eigenvalue weighted by atomic mass is 10.2. The molecule has 19 heavy (non-hydrogen) atoms. The summed E-state index contributed by atoms with van der Waals surface area (Å²) in [5, 5.41) is 7.49. The summed E-state index contributed by atoms with van der Waals surface area (Å²) in [6.45, 7) is 6.15. The molecule has 0 radical (unpaired) electrons. The summed E-state index contributed by atoms with van der Waals surface area (Å²) in [5.74, 6) is 4.13. The normalized spacial score (nSPS) is 18.5. The summed E-state index contributed by atoms with van der Waals surface area (Å²) < 4.78 is 0. The Morgan fingerprint density at radius 2 is 2.05 bits per heavy atom. The molecule has 0 bridgehead atoms. The fourth-order valence-electron chi connectivity index (χ4n) is 2.22. The maximum absolute atomic E-state index is 4.59. The van der Waals surface area contributed by atoms with E-state index in [9.17, 15) is 0 Å². The highest BCUT2D eigenvalue weighted by Crippen LogP contribution is 2.26. The molecule has 1 aliphatic rings.